The molecule has 1 N–H and O–H groups in total. The van der Waals surface area contributed by atoms with Crippen LogP contribution in [0.25, 0.3) is 0 Å². The number of nitro benzene ring substituents is 1. The summed E-state index contributed by atoms with van der Waals surface area (Å²) in [6.45, 7) is 20.1. The molecule has 2 aliphatic rings. The van der Waals surface area contributed by atoms with E-state index >= 15 is 0 Å². The molecule has 0 radical (unpaired) electrons. The lowest BCUT2D eigenvalue weighted by atomic mass is 9.83. The molecule has 2 heterocycles. The lowest BCUT2D eigenvalue weighted by Crippen LogP contribution is -2.75. The largest absolute Gasteiger partial charge is 0.484 e. The summed E-state index contributed by atoms with van der Waals surface area (Å²) in [5.74, 6) is 1.58. The van der Waals surface area contributed by atoms with Crippen LogP contribution in [0.1, 0.15) is 127 Å². The SMILES string of the molecule is CC(C)CCSc1ccccc1.CC(C)c1ccc(C(F)(F)F)cc1[N+](=O)[O-].COC1(CC(=O)Cc2ccccc2)C(=O)N2C(C(=O)O)=C(CC(C)C)CSC21.Cc1cc(COC(=O)C(C)C)ccc1OC(c1ccccc1)C(C)N(C)C. The number of thioether (sulfide) groups is 2. The number of Topliss-reactive ketones (excluding diaryl/α,β-unsaturated/α-hetero) is 1. The Morgan fingerprint density at radius 3 is 1.95 bits per heavy atom. The molecule has 5 aromatic rings. The third-order valence-corrected chi connectivity index (χ3v) is 16.2. The molecule has 0 aromatic heterocycles. The van der Waals surface area contributed by atoms with Crippen LogP contribution >= 0.6 is 23.5 Å². The zero-order chi connectivity index (χ0) is 61.8. The number of amides is 1. The number of nitro groups is 1. The third-order valence-electron chi connectivity index (χ3n) is 13.7. The highest BCUT2D eigenvalue weighted by Gasteiger charge is 2.65. The van der Waals surface area contributed by atoms with E-state index in [1.807, 2.05) is 113 Å². The molecule has 13 nitrogen and oxygen atoms in total. The normalized spacial score (nSPS) is 16.4. The van der Waals surface area contributed by atoms with Crippen LogP contribution in [-0.4, -0.2) is 93.2 Å². The molecule has 0 saturated carbocycles. The maximum absolute atomic E-state index is 13.0. The van der Waals surface area contributed by atoms with E-state index in [2.05, 4.69) is 82.2 Å². The summed E-state index contributed by atoms with van der Waals surface area (Å²) in [4.78, 5) is 63.9. The molecule has 0 spiro atoms. The van der Waals surface area contributed by atoms with E-state index in [1.165, 1.54) is 40.8 Å². The minimum atomic E-state index is -4.56. The first-order valence-corrected chi connectivity index (χ1v) is 29.8. The lowest BCUT2D eigenvalue weighted by Gasteiger charge is -2.56. The van der Waals surface area contributed by atoms with E-state index in [1.54, 1.807) is 13.8 Å². The molecule has 18 heteroatoms. The van der Waals surface area contributed by atoms with Gasteiger partial charge in [0.15, 0.2) is 5.60 Å². The summed E-state index contributed by atoms with van der Waals surface area (Å²) in [6.07, 6.45) is -2.54. The zero-order valence-electron chi connectivity index (χ0n) is 50.0. The number of hydrogen-bond acceptors (Lipinski definition) is 12. The highest BCUT2D eigenvalue weighted by molar-refractivity contribution is 8.00. The van der Waals surface area contributed by atoms with Crippen molar-refractivity contribution in [3.05, 3.63) is 182 Å². The van der Waals surface area contributed by atoms with Crippen LogP contribution in [-0.2, 0) is 47.9 Å². The number of methoxy groups -OCH3 is 1. The number of nitrogens with zero attached hydrogens (tertiary/aromatic N) is 3. The molecule has 1 saturated heterocycles. The topological polar surface area (TPSA) is 166 Å². The molecule has 83 heavy (non-hydrogen) atoms. The zero-order valence-corrected chi connectivity index (χ0v) is 51.7. The molecule has 7 rings (SSSR count). The first-order valence-electron chi connectivity index (χ1n) is 27.8. The van der Waals surface area contributed by atoms with Gasteiger partial charge in [-0.2, -0.15) is 13.2 Å². The number of carbonyl (C=O) groups is 4. The number of ketones is 1. The number of fused-ring (bicyclic) bond motifs is 1. The van der Waals surface area contributed by atoms with Gasteiger partial charge < -0.3 is 24.2 Å². The number of alkyl halides is 3. The highest BCUT2D eigenvalue weighted by atomic mass is 32.2. The maximum atomic E-state index is 13.0. The highest BCUT2D eigenvalue weighted by Crippen LogP contribution is 2.50. The van der Waals surface area contributed by atoms with Gasteiger partial charge in [-0.15, -0.1) is 23.5 Å². The number of hydrogen-bond donors (Lipinski definition) is 1. The van der Waals surface area contributed by atoms with Crippen molar-refractivity contribution < 1.29 is 56.6 Å². The van der Waals surface area contributed by atoms with Crippen LogP contribution in [0.2, 0.25) is 0 Å². The van der Waals surface area contributed by atoms with Crippen molar-refractivity contribution >= 4 is 52.8 Å². The van der Waals surface area contributed by atoms with Crippen molar-refractivity contribution in [2.75, 3.05) is 32.7 Å². The minimum Gasteiger partial charge on any atom is -0.484 e. The number of carboxylic acid groups (broad SMARTS) is 1. The average Bonchev–Trinajstić information content (AvgIpc) is 3.40. The molecule has 5 aromatic carbocycles. The van der Waals surface area contributed by atoms with Crippen LogP contribution in [0.15, 0.2) is 144 Å². The number of carbonyl (C=O) groups excluding carboxylic acids is 3. The van der Waals surface area contributed by atoms with Crippen molar-refractivity contribution in [3.63, 3.8) is 0 Å². The van der Waals surface area contributed by atoms with E-state index < -0.39 is 45.2 Å². The Labute approximate surface area is 496 Å². The Kier molecular flexibility index (Phi) is 27.1. The molecule has 4 atom stereocenters. The summed E-state index contributed by atoms with van der Waals surface area (Å²) in [7, 11) is 5.53. The second-order valence-electron chi connectivity index (χ2n) is 22.2. The second-order valence-corrected chi connectivity index (χ2v) is 24.4. The van der Waals surface area contributed by atoms with Gasteiger partial charge in [0, 0.05) is 48.3 Å². The van der Waals surface area contributed by atoms with E-state index in [0.717, 1.165) is 51.6 Å². The summed E-state index contributed by atoms with van der Waals surface area (Å²) >= 11 is 3.42. The van der Waals surface area contributed by atoms with E-state index in [-0.39, 0.29) is 66.8 Å². The number of halogens is 3. The fraction of sp³-hybridized carbons (Fsp3) is 0.446. The molecular formula is C65H82F3N3O10S2. The number of esters is 1. The van der Waals surface area contributed by atoms with Gasteiger partial charge >= 0.3 is 18.1 Å². The molecule has 2 aliphatic heterocycles. The van der Waals surface area contributed by atoms with Gasteiger partial charge in [-0.1, -0.05) is 146 Å². The fourth-order valence-corrected chi connectivity index (χ4v) is 11.6. The number of likely N-dealkylation sites (N-methyl/N-ethyl adjacent to an activating group) is 1. The lowest BCUT2D eigenvalue weighted by molar-refractivity contribution is -0.385. The smallest absolute Gasteiger partial charge is 0.416 e. The summed E-state index contributed by atoms with van der Waals surface area (Å²) in [6, 6.07) is 39.0. The Hall–Kier alpha value is -6.47. The Morgan fingerprint density at radius 2 is 1.45 bits per heavy atom. The Bertz CT molecular complexity index is 2940. The van der Waals surface area contributed by atoms with Crippen molar-refractivity contribution in [3.8, 4) is 5.75 Å². The summed E-state index contributed by atoms with van der Waals surface area (Å²) < 4.78 is 54.3. The van der Waals surface area contributed by atoms with Crippen LogP contribution in [0.3, 0.4) is 0 Å². The van der Waals surface area contributed by atoms with Gasteiger partial charge in [0.25, 0.3) is 11.6 Å². The summed E-state index contributed by atoms with van der Waals surface area (Å²) in [5, 5.41) is 19.9. The van der Waals surface area contributed by atoms with Crippen LogP contribution in [0, 0.1) is 34.8 Å². The van der Waals surface area contributed by atoms with Gasteiger partial charge in [0.2, 0.25) is 0 Å². The Balaban J connectivity index is 0.000000250. The minimum absolute atomic E-state index is 0.0577. The third kappa shape index (κ3) is 20.4. The standard InChI is InChI=1S/C23H31NO3.C21H25NO5S.C11H16S.C10H10F3NO2/c1-16(2)23(25)26-15-19-12-13-21(17(3)14-19)27-22(18(4)24(5)6)20-10-8-7-9-11-20;1-13(2)9-15-12-28-20-21(27-3,19(26)22(20)17(15)18(24)25)11-16(23)10-14-7-5-4-6-8-14;1-10(2)8-9-12-11-6-4-3-5-7-11;1-6(2)8-4-3-7(10(11,12)13)5-9(8)14(15)16/h7-14,16,18,22H,15H2,1-6H3;4-8,13,20H,9-12H2,1-3H3,(H,24,25);3-7,10H,8-9H2,1-2H3;3-6H,1-2H3. The molecular weight excluding hydrogens is 1100 g/mol. The monoisotopic (exact) mass is 1190 g/mol. The van der Waals surface area contributed by atoms with Gasteiger partial charge in [-0.25, -0.2) is 4.79 Å². The quantitative estimate of drug-likeness (QED) is 0.0229. The number of carboxylic acids is 1. The molecule has 0 bridgehead atoms. The number of benzene rings is 5. The second kappa shape index (κ2) is 32.6. The number of β-lactam (4-membered cyclic amide) rings is 1. The van der Waals surface area contributed by atoms with E-state index in [0.29, 0.717) is 23.8 Å². The maximum Gasteiger partial charge on any atom is 0.416 e. The molecule has 450 valence electrons. The van der Waals surface area contributed by atoms with Crippen molar-refractivity contribution in [2.24, 2.45) is 17.8 Å². The van der Waals surface area contributed by atoms with E-state index in [9.17, 15) is 47.6 Å². The summed E-state index contributed by atoms with van der Waals surface area (Å²) in [5.41, 5.74) is 2.37. The Morgan fingerprint density at radius 1 is 0.843 bits per heavy atom. The number of aryl methyl sites for hydroxylation is 1. The van der Waals surface area contributed by atoms with Gasteiger partial charge in [-0.3, -0.25) is 29.4 Å². The predicted molar refractivity (Wildman–Crippen MR) is 324 cm³/mol. The van der Waals surface area contributed by atoms with Crippen molar-refractivity contribution in [1.82, 2.24) is 9.80 Å². The number of aliphatic carboxylic acids is 1. The fourth-order valence-electron chi connectivity index (χ4n) is 8.95. The molecule has 1 fully saturated rings. The van der Waals surface area contributed by atoms with Crippen molar-refractivity contribution in [2.45, 2.75) is 142 Å². The molecule has 4 unspecified atom stereocenters. The van der Waals surface area contributed by atoms with Gasteiger partial charge in [0.1, 0.15) is 35.3 Å². The van der Waals surface area contributed by atoms with Gasteiger partial charge in [0.05, 0.1) is 16.4 Å². The number of rotatable bonds is 22. The first kappa shape index (κ1) is 69.0. The predicted octanol–water partition coefficient (Wildman–Crippen LogP) is 15.2. The van der Waals surface area contributed by atoms with E-state index in [4.69, 9.17) is 14.2 Å². The number of ether oxygens (including phenoxy) is 3. The van der Waals surface area contributed by atoms with Crippen LogP contribution in [0.5, 0.6) is 5.75 Å². The van der Waals surface area contributed by atoms with Crippen LogP contribution in [0.4, 0.5) is 18.9 Å². The average molecular weight is 1190 g/mol. The van der Waals surface area contributed by atoms with Crippen molar-refractivity contribution in [1.29, 1.82) is 0 Å². The first-order chi connectivity index (χ1) is 39.1. The van der Waals surface area contributed by atoms with Crippen LogP contribution < -0.4 is 4.74 Å². The molecule has 0 aliphatic carbocycles. The van der Waals surface area contributed by atoms with Gasteiger partial charge in [-0.05, 0) is 122 Å². The molecule has 1 amide bonds.